The third kappa shape index (κ3) is 3.46. The van der Waals surface area contributed by atoms with Gasteiger partial charge in [0, 0.05) is 30.2 Å². The Balaban J connectivity index is 1.61. The Bertz CT molecular complexity index is 887. The number of carbonyl (C=O) groups is 2. The molecule has 2 N–H and O–H groups in total. The Morgan fingerprint density at radius 1 is 1.22 bits per heavy atom. The molecule has 1 aromatic carbocycles. The van der Waals surface area contributed by atoms with Gasteiger partial charge in [-0.2, -0.15) is 16.9 Å². The third-order valence-corrected chi connectivity index (χ3v) is 6.04. The summed E-state index contributed by atoms with van der Waals surface area (Å²) in [5, 5.41) is 17.1. The molecule has 0 saturated carbocycles. The number of aryl methyl sites for hydroxylation is 1. The summed E-state index contributed by atoms with van der Waals surface area (Å²) in [7, 11) is 0. The van der Waals surface area contributed by atoms with Gasteiger partial charge in [-0.05, 0) is 31.4 Å². The highest BCUT2D eigenvalue weighted by Gasteiger charge is 2.30. The summed E-state index contributed by atoms with van der Waals surface area (Å²) in [4.78, 5) is 26.7. The van der Waals surface area contributed by atoms with Gasteiger partial charge < -0.3 is 15.3 Å². The highest BCUT2D eigenvalue weighted by molar-refractivity contribution is 7.98. The maximum absolute atomic E-state index is 12.6. The van der Waals surface area contributed by atoms with Gasteiger partial charge in [0.15, 0.2) is 0 Å². The molecule has 0 spiro atoms. The fourth-order valence-electron chi connectivity index (χ4n) is 3.49. The van der Waals surface area contributed by atoms with Crippen LogP contribution < -0.4 is 5.32 Å². The van der Waals surface area contributed by atoms with Gasteiger partial charge in [0.2, 0.25) is 0 Å². The number of aliphatic hydroxyl groups is 1. The van der Waals surface area contributed by atoms with E-state index in [9.17, 15) is 14.7 Å². The van der Waals surface area contributed by atoms with Gasteiger partial charge in [-0.25, -0.2) is 4.68 Å². The van der Waals surface area contributed by atoms with Crippen molar-refractivity contribution in [3.63, 3.8) is 0 Å². The molecule has 0 unspecified atom stereocenters. The molecule has 2 aliphatic heterocycles. The number of hydrogen-bond donors (Lipinski definition) is 2. The molecular formula is C19H22N4O3S. The summed E-state index contributed by atoms with van der Waals surface area (Å²) < 4.78 is 1.74. The van der Waals surface area contributed by atoms with Crippen LogP contribution in [0.25, 0.3) is 5.69 Å². The number of hydrogen-bond acceptors (Lipinski definition) is 5. The van der Waals surface area contributed by atoms with Crippen molar-refractivity contribution in [3.8, 4) is 5.69 Å². The number of nitrogens with one attached hydrogen (secondary N) is 1. The lowest BCUT2D eigenvalue weighted by Gasteiger charge is -2.29. The van der Waals surface area contributed by atoms with Crippen LogP contribution in [0.15, 0.2) is 24.3 Å². The number of anilines is 1. The Kier molecular flexibility index (Phi) is 4.92. The highest BCUT2D eigenvalue weighted by atomic mass is 32.2. The number of benzene rings is 1. The zero-order valence-corrected chi connectivity index (χ0v) is 16.0. The predicted octanol–water partition coefficient (Wildman–Crippen LogP) is 1.85. The fraction of sp³-hybridized carbons (Fsp3) is 0.421. The zero-order valence-electron chi connectivity index (χ0n) is 15.1. The zero-order chi connectivity index (χ0) is 19.0. The molecule has 0 bridgehead atoms. The van der Waals surface area contributed by atoms with Crippen molar-refractivity contribution in [2.24, 2.45) is 0 Å². The number of para-hydroxylation sites is 1. The second kappa shape index (κ2) is 7.36. The van der Waals surface area contributed by atoms with Gasteiger partial charge in [0.05, 0.1) is 17.5 Å². The van der Waals surface area contributed by atoms with Crippen molar-refractivity contribution in [2.45, 2.75) is 37.4 Å². The predicted molar refractivity (Wildman–Crippen MR) is 104 cm³/mol. The molecule has 0 aliphatic carbocycles. The van der Waals surface area contributed by atoms with E-state index in [1.165, 1.54) is 4.90 Å². The number of likely N-dealkylation sites (tertiary alicyclic amines) is 1. The lowest BCUT2D eigenvalue weighted by atomic mass is 10.1. The monoisotopic (exact) mass is 386 g/mol. The maximum atomic E-state index is 12.6. The SMILES string of the molecule is Cc1ccccc1-n1nc2c(c1NC(=O)C(=O)N1CCC(O)CC1)CSC2. The number of thioether (sulfide) groups is 1. The van der Waals surface area contributed by atoms with Crippen LogP contribution >= 0.6 is 11.8 Å². The van der Waals surface area contributed by atoms with E-state index < -0.39 is 11.8 Å². The van der Waals surface area contributed by atoms with E-state index in [-0.39, 0.29) is 6.10 Å². The van der Waals surface area contributed by atoms with Crippen LogP contribution in [0.5, 0.6) is 0 Å². The maximum Gasteiger partial charge on any atom is 0.315 e. The quantitative estimate of drug-likeness (QED) is 0.769. The molecular weight excluding hydrogens is 364 g/mol. The largest absolute Gasteiger partial charge is 0.393 e. The first-order valence-electron chi connectivity index (χ1n) is 9.07. The number of amides is 2. The van der Waals surface area contributed by atoms with Crippen molar-refractivity contribution in [3.05, 3.63) is 41.1 Å². The van der Waals surface area contributed by atoms with E-state index in [2.05, 4.69) is 10.4 Å². The molecule has 4 rings (SSSR count). The third-order valence-electron chi connectivity index (χ3n) is 5.07. The molecule has 7 nitrogen and oxygen atoms in total. The molecule has 1 fully saturated rings. The van der Waals surface area contributed by atoms with Crippen LogP contribution in [-0.4, -0.2) is 50.8 Å². The summed E-state index contributed by atoms with van der Waals surface area (Å²) in [6.45, 7) is 2.80. The van der Waals surface area contributed by atoms with Gasteiger partial charge in [0.1, 0.15) is 5.82 Å². The normalized spacial score (nSPS) is 17.0. The van der Waals surface area contributed by atoms with E-state index in [1.54, 1.807) is 16.4 Å². The van der Waals surface area contributed by atoms with Gasteiger partial charge in [0.25, 0.3) is 0 Å². The van der Waals surface area contributed by atoms with Crippen molar-refractivity contribution in [2.75, 3.05) is 18.4 Å². The minimum absolute atomic E-state index is 0.389. The molecule has 2 amide bonds. The molecule has 8 heteroatoms. The van der Waals surface area contributed by atoms with Crippen LogP contribution in [0.4, 0.5) is 5.82 Å². The first-order valence-corrected chi connectivity index (χ1v) is 10.2. The van der Waals surface area contributed by atoms with E-state index in [4.69, 9.17) is 0 Å². The van der Waals surface area contributed by atoms with Crippen molar-refractivity contribution >= 4 is 29.4 Å². The lowest BCUT2D eigenvalue weighted by molar-refractivity contribution is -0.144. The lowest BCUT2D eigenvalue weighted by Crippen LogP contribution is -2.45. The summed E-state index contributed by atoms with van der Waals surface area (Å²) in [5.74, 6) is 0.940. The van der Waals surface area contributed by atoms with Gasteiger partial charge >= 0.3 is 11.8 Å². The van der Waals surface area contributed by atoms with Gasteiger partial charge in [-0.15, -0.1) is 0 Å². The van der Waals surface area contributed by atoms with Gasteiger partial charge in [-0.3, -0.25) is 9.59 Å². The molecule has 1 saturated heterocycles. The Hall–Kier alpha value is -2.32. The minimum Gasteiger partial charge on any atom is -0.393 e. The number of nitrogens with zero attached hydrogens (tertiary/aromatic N) is 3. The fourth-order valence-corrected chi connectivity index (χ4v) is 4.53. The van der Waals surface area contributed by atoms with Gasteiger partial charge in [-0.1, -0.05) is 18.2 Å². The molecule has 2 aromatic rings. The van der Waals surface area contributed by atoms with Crippen molar-refractivity contribution in [1.82, 2.24) is 14.7 Å². The molecule has 0 radical (unpaired) electrons. The van der Waals surface area contributed by atoms with Crippen LogP contribution in [0.1, 0.15) is 29.7 Å². The van der Waals surface area contributed by atoms with Crippen LogP contribution in [0, 0.1) is 6.92 Å². The number of aromatic nitrogens is 2. The molecule has 2 aliphatic rings. The minimum atomic E-state index is -0.652. The summed E-state index contributed by atoms with van der Waals surface area (Å²) >= 11 is 1.75. The average molecular weight is 386 g/mol. The van der Waals surface area contributed by atoms with Crippen molar-refractivity contribution < 1.29 is 14.7 Å². The van der Waals surface area contributed by atoms with Crippen molar-refractivity contribution in [1.29, 1.82) is 0 Å². The second-order valence-electron chi connectivity index (χ2n) is 6.94. The number of piperidine rings is 1. The average Bonchev–Trinajstić information content (AvgIpc) is 3.25. The summed E-state index contributed by atoms with van der Waals surface area (Å²) in [6, 6.07) is 7.83. The number of carbonyl (C=O) groups excluding carboxylic acids is 2. The molecule has 27 heavy (non-hydrogen) atoms. The standard InChI is InChI=1S/C19H22N4O3S/c1-12-4-2-3-5-16(12)23-17(14-10-27-11-15(14)21-23)20-18(25)19(26)22-8-6-13(24)7-9-22/h2-5,13,24H,6-11H2,1H3,(H,20,25). The second-order valence-corrected chi connectivity index (χ2v) is 7.93. The first-order chi connectivity index (χ1) is 13.0. The molecule has 0 atom stereocenters. The Labute approximate surface area is 161 Å². The van der Waals surface area contributed by atoms with E-state index in [1.807, 2.05) is 31.2 Å². The number of fused-ring (bicyclic) bond motifs is 1. The van der Waals surface area contributed by atoms with Crippen LogP contribution in [0.3, 0.4) is 0 Å². The first kappa shape index (κ1) is 18.1. The van der Waals surface area contributed by atoms with E-state index >= 15 is 0 Å². The Morgan fingerprint density at radius 3 is 2.70 bits per heavy atom. The molecule has 142 valence electrons. The summed E-state index contributed by atoms with van der Waals surface area (Å²) in [5.41, 5.74) is 3.87. The van der Waals surface area contributed by atoms with E-state index in [0.29, 0.717) is 31.7 Å². The van der Waals surface area contributed by atoms with E-state index in [0.717, 1.165) is 34.0 Å². The summed E-state index contributed by atoms with van der Waals surface area (Å²) in [6.07, 6.45) is 0.623. The number of aliphatic hydroxyl groups excluding tert-OH is 1. The Morgan fingerprint density at radius 2 is 1.96 bits per heavy atom. The molecule has 3 heterocycles. The highest BCUT2D eigenvalue weighted by Crippen LogP contribution is 2.36. The van der Waals surface area contributed by atoms with Crippen LogP contribution in [-0.2, 0) is 21.1 Å². The number of rotatable bonds is 2. The molecule has 1 aromatic heterocycles. The topological polar surface area (TPSA) is 87.5 Å². The smallest absolute Gasteiger partial charge is 0.315 e. The van der Waals surface area contributed by atoms with Crippen LogP contribution in [0.2, 0.25) is 0 Å².